The SMILES string of the molecule is CCC[C@@H](O)COc1ccc(Cl)c(-c2nc(-c3c(C)noc3C)c(C)c(N3Cc4cnn(C(CC)CO)c4C3)n2)c1. The molecule has 1 aliphatic heterocycles. The number of nitrogens with zero attached hydrogens (tertiary/aromatic N) is 6. The molecule has 1 unspecified atom stereocenters. The normalized spacial score (nSPS) is 14.4. The Morgan fingerprint density at radius 2 is 1.95 bits per heavy atom. The Morgan fingerprint density at radius 1 is 1.15 bits per heavy atom. The van der Waals surface area contributed by atoms with E-state index in [1.165, 1.54) is 0 Å². The van der Waals surface area contributed by atoms with Gasteiger partial charge in [-0.1, -0.05) is 37.0 Å². The summed E-state index contributed by atoms with van der Waals surface area (Å²) in [5, 5.41) is 29.3. The van der Waals surface area contributed by atoms with Crippen LogP contribution < -0.4 is 9.64 Å². The van der Waals surface area contributed by atoms with E-state index in [1.54, 1.807) is 12.1 Å². The van der Waals surface area contributed by atoms with Crippen LogP contribution in [0.5, 0.6) is 5.75 Å². The van der Waals surface area contributed by atoms with Crippen LogP contribution in [-0.4, -0.2) is 54.4 Å². The van der Waals surface area contributed by atoms with E-state index in [0.29, 0.717) is 47.4 Å². The maximum absolute atomic E-state index is 10.2. The molecule has 5 rings (SSSR count). The summed E-state index contributed by atoms with van der Waals surface area (Å²) in [7, 11) is 0. The highest BCUT2D eigenvalue weighted by Gasteiger charge is 2.30. The van der Waals surface area contributed by atoms with Crippen molar-refractivity contribution in [2.45, 2.75) is 79.1 Å². The van der Waals surface area contributed by atoms with Crippen molar-refractivity contribution in [1.82, 2.24) is 24.9 Å². The Kier molecular flexibility index (Phi) is 8.63. The zero-order valence-corrected chi connectivity index (χ0v) is 24.9. The molecule has 0 fully saturated rings. The first-order valence-electron chi connectivity index (χ1n) is 14.1. The lowest BCUT2D eigenvalue weighted by molar-refractivity contribution is 0.0994. The molecule has 4 aromatic rings. The average molecular weight is 581 g/mol. The van der Waals surface area contributed by atoms with Crippen molar-refractivity contribution in [2.75, 3.05) is 18.1 Å². The second-order valence-corrected chi connectivity index (χ2v) is 11.0. The summed E-state index contributed by atoms with van der Waals surface area (Å²) in [6.07, 6.45) is 3.66. The van der Waals surface area contributed by atoms with Gasteiger partial charge in [-0.3, -0.25) is 4.68 Å². The van der Waals surface area contributed by atoms with Gasteiger partial charge in [-0.2, -0.15) is 5.10 Å². The monoisotopic (exact) mass is 580 g/mol. The predicted octanol–water partition coefficient (Wildman–Crippen LogP) is 5.58. The second-order valence-electron chi connectivity index (χ2n) is 10.6. The summed E-state index contributed by atoms with van der Waals surface area (Å²) in [6.45, 7) is 11.3. The van der Waals surface area contributed by atoms with Crippen molar-refractivity contribution in [3.8, 4) is 28.4 Å². The first-order chi connectivity index (χ1) is 19.7. The first-order valence-corrected chi connectivity index (χ1v) is 14.5. The van der Waals surface area contributed by atoms with Gasteiger partial charge in [0.25, 0.3) is 0 Å². The van der Waals surface area contributed by atoms with Gasteiger partial charge in [0, 0.05) is 23.2 Å². The molecule has 3 aromatic heterocycles. The lowest BCUT2D eigenvalue weighted by atomic mass is 10.0. The van der Waals surface area contributed by atoms with Gasteiger partial charge in [-0.25, -0.2) is 9.97 Å². The third-order valence-electron chi connectivity index (χ3n) is 7.65. The molecular formula is C30H37ClN6O4. The molecular weight excluding hydrogens is 544 g/mol. The zero-order chi connectivity index (χ0) is 29.3. The summed E-state index contributed by atoms with van der Waals surface area (Å²) < 4.78 is 13.3. The van der Waals surface area contributed by atoms with Gasteiger partial charge in [-0.15, -0.1) is 0 Å². The predicted molar refractivity (Wildman–Crippen MR) is 157 cm³/mol. The molecule has 2 atom stereocenters. The maximum atomic E-state index is 10.2. The lowest BCUT2D eigenvalue weighted by Crippen LogP contribution is -2.22. The number of ether oxygens (including phenoxy) is 1. The second kappa shape index (κ2) is 12.2. The topological polar surface area (TPSA) is 123 Å². The molecule has 0 radical (unpaired) electrons. The van der Waals surface area contributed by atoms with Crippen LogP contribution in [0.3, 0.4) is 0 Å². The summed E-state index contributed by atoms with van der Waals surface area (Å²) >= 11 is 6.71. The zero-order valence-electron chi connectivity index (χ0n) is 24.2. The van der Waals surface area contributed by atoms with E-state index >= 15 is 0 Å². The van der Waals surface area contributed by atoms with Crippen LogP contribution in [0.25, 0.3) is 22.6 Å². The van der Waals surface area contributed by atoms with E-state index in [9.17, 15) is 10.2 Å². The highest BCUT2D eigenvalue weighted by molar-refractivity contribution is 6.33. The number of aryl methyl sites for hydroxylation is 2. The number of hydrogen-bond donors (Lipinski definition) is 2. The molecule has 1 aliphatic rings. The smallest absolute Gasteiger partial charge is 0.163 e. The maximum Gasteiger partial charge on any atom is 0.163 e. The number of aromatic nitrogens is 5. The number of halogens is 1. The standard InChI is InChI=1S/C30H37ClN6O4/c1-6-8-22(39)16-40-23-9-10-25(31)24(11-23)29-33-28(27-18(4)35-41-19(27)5)17(3)30(34-29)36-13-20-12-32-37(26(20)14-36)21(7-2)15-38/h9-12,21-22,38-39H,6-8,13-16H2,1-5H3/t21?,22-/m1/s1. The number of anilines is 1. The molecule has 0 aliphatic carbocycles. The van der Waals surface area contributed by atoms with Gasteiger partial charge < -0.3 is 24.4 Å². The first kappa shape index (κ1) is 29.0. The molecule has 0 saturated heterocycles. The summed E-state index contributed by atoms with van der Waals surface area (Å²) in [4.78, 5) is 12.2. The van der Waals surface area contributed by atoms with Gasteiger partial charge in [-0.05, 0) is 51.8 Å². The quantitative estimate of drug-likeness (QED) is 0.234. The van der Waals surface area contributed by atoms with Crippen molar-refractivity contribution in [3.63, 3.8) is 0 Å². The minimum Gasteiger partial charge on any atom is -0.491 e. The van der Waals surface area contributed by atoms with E-state index in [4.69, 9.17) is 30.8 Å². The van der Waals surface area contributed by atoms with Crippen molar-refractivity contribution in [2.24, 2.45) is 0 Å². The van der Waals surface area contributed by atoms with Crippen LogP contribution in [0.2, 0.25) is 5.02 Å². The Hall–Kier alpha value is -3.47. The van der Waals surface area contributed by atoms with E-state index in [-0.39, 0.29) is 19.3 Å². The molecule has 11 heteroatoms. The van der Waals surface area contributed by atoms with Crippen LogP contribution in [0.4, 0.5) is 5.82 Å². The number of aliphatic hydroxyl groups is 2. The van der Waals surface area contributed by atoms with E-state index in [1.807, 2.05) is 51.6 Å². The molecule has 1 aromatic carbocycles. The third-order valence-corrected chi connectivity index (χ3v) is 7.98. The summed E-state index contributed by atoms with van der Waals surface area (Å²) in [5.74, 6) is 2.46. The Morgan fingerprint density at radius 3 is 2.63 bits per heavy atom. The highest BCUT2D eigenvalue weighted by atomic mass is 35.5. The van der Waals surface area contributed by atoms with Crippen LogP contribution in [-0.2, 0) is 13.1 Å². The van der Waals surface area contributed by atoms with Crippen LogP contribution in [0, 0.1) is 20.8 Å². The molecule has 0 saturated carbocycles. The molecule has 10 nitrogen and oxygen atoms in total. The molecule has 4 heterocycles. The van der Waals surface area contributed by atoms with E-state index < -0.39 is 6.10 Å². The lowest BCUT2D eigenvalue weighted by Gasteiger charge is -2.23. The van der Waals surface area contributed by atoms with Crippen LogP contribution in [0.1, 0.15) is 67.4 Å². The number of hydrogen-bond acceptors (Lipinski definition) is 9. The summed E-state index contributed by atoms with van der Waals surface area (Å²) in [6, 6.07) is 5.28. The Balaban J connectivity index is 1.58. The van der Waals surface area contributed by atoms with Crippen molar-refractivity contribution in [3.05, 3.63) is 57.7 Å². The van der Waals surface area contributed by atoms with Gasteiger partial charge in [0.15, 0.2) is 5.82 Å². The highest BCUT2D eigenvalue weighted by Crippen LogP contribution is 2.39. The number of rotatable bonds is 11. The van der Waals surface area contributed by atoms with Crippen LogP contribution >= 0.6 is 11.6 Å². The summed E-state index contributed by atoms with van der Waals surface area (Å²) in [5.41, 5.74) is 5.99. The Bertz CT molecular complexity index is 1510. The van der Waals surface area contributed by atoms with Crippen molar-refractivity contribution < 1.29 is 19.5 Å². The average Bonchev–Trinajstić information content (AvgIpc) is 3.64. The van der Waals surface area contributed by atoms with Gasteiger partial charge in [0.1, 0.15) is 23.9 Å². The van der Waals surface area contributed by atoms with Crippen molar-refractivity contribution in [1.29, 1.82) is 0 Å². The van der Waals surface area contributed by atoms with Gasteiger partial charge in [0.05, 0.1) is 59.2 Å². The number of aliphatic hydroxyl groups excluding tert-OH is 2. The minimum absolute atomic E-state index is 0.0316. The fourth-order valence-electron chi connectivity index (χ4n) is 5.39. The fourth-order valence-corrected chi connectivity index (χ4v) is 5.59. The number of fused-ring (bicyclic) bond motifs is 1. The van der Waals surface area contributed by atoms with E-state index in [2.05, 4.69) is 15.2 Å². The molecule has 2 N–H and O–H groups in total. The Labute approximate surface area is 244 Å². The van der Waals surface area contributed by atoms with Crippen LogP contribution in [0.15, 0.2) is 28.9 Å². The van der Waals surface area contributed by atoms with E-state index in [0.717, 1.165) is 52.4 Å². The number of benzene rings is 1. The minimum atomic E-state index is -0.543. The van der Waals surface area contributed by atoms with Gasteiger partial charge >= 0.3 is 0 Å². The molecule has 0 amide bonds. The van der Waals surface area contributed by atoms with Crippen molar-refractivity contribution >= 4 is 17.4 Å². The van der Waals surface area contributed by atoms with Gasteiger partial charge in [0.2, 0.25) is 0 Å². The third kappa shape index (κ3) is 5.68. The molecule has 218 valence electrons. The molecule has 0 spiro atoms. The molecule has 41 heavy (non-hydrogen) atoms. The molecule has 0 bridgehead atoms. The largest absolute Gasteiger partial charge is 0.491 e. The fraction of sp³-hybridized carbons (Fsp3) is 0.467.